The molecule has 0 radical (unpaired) electrons. The highest BCUT2D eigenvalue weighted by Gasteiger charge is 2.24. The van der Waals surface area contributed by atoms with Crippen molar-refractivity contribution < 1.29 is 28.0 Å². The zero-order valence-electron chi connectivity index (χ0n) is 28.0. The summed E-state index contributed by atoms with van der Waals surface area (Å²) in [7, 11) is -0.664. The maximum Gasteiger partial charge on any atom is 0.293 e. The molecule has 1 aliphatic rings. The first-order valence-electron chi connectivity index (χ1n) is 16.2. The number of nitrogens with one attached hydrogen (secondary N) is 2. The molecule has 0 bridgehead atoms. The second-order valence-corrected chi connectivity index (χ2v) is 14.8. The van der Waals surface area contributed by atoms with E-state index >= 15 is 0 Å². The molecule has 0 spiro atoms. The Bertz CT molecular complexity index is 1910. The summed E-state index contributed by atoms with van der Waals surface area (Å²) in [5.41, 5.74) is 2.59. The molecule has 3 N–H and O–H groups in total. The summed E-state index contributed by atoms with van der Waals surface area (Å²) >= 11 is 1.37. The van der Waals surface area contributed by atoms with Gasteiger partial charge in [0.2, 0.25) is 0 Å². The number of phenolic OH excluding ortho intramolecular Hbond substituents is 1. The lowest BCUT2D eigenvalue weighted by molar-refractivity contribution is -0.384. The topological polar surface area (TPSA) is 154 Å². The predicted octanol–water partition coefficient (Wildman–Crippen LogP) is 5.48. The molecular formula is C36H41N5O7S2. The molecule has 4 aromatic rings. The van der Waals surface area contributed by atoms with Gasteiger partial charge in [-0.05, 0) is 80.0 Å². The summed E-state index contributed by atoms with van der Waals surface area (Å²) in [6, 6.07) is 22.8. The number of aromatic hydroxyl groups is 1. The monoisotopic (exact) mass is 719 g/mol. The van der Waals surface area contributed by atoms with Gasteiger partial charge in [0, 0.05) is 60.6 Å². The van der Waals surface area contributed by atoms with Gasteiger partial charge in [0.25, 0.3) is 21.6 Å². The Hall–Kier alpha value is -4.63. The van der Waals surface area contributed by atoms with E-state index in [9.17, 15) is 28.4 Å². The van der Waals surface area contributed by atoms with Crippen LogP contribution in [-0.2, 0) is 16.4 Å². The Kier molecular flexibility index (Phi) is 12.4. The van der Waals surface area contributed by atoms with Crippen molar-refractivity contribution in [3.05, 3.63) is 106 Å². The van der Waals surface area contributed by atoms with Crippen molar-refractivity contribution in [2.45, 2.75) is 22.6 Å². The van der Waals surface area contributed by atoms with Gasteiger partial charge >= 0.3 is 0 Å². The number of nitro groups is 1. The average Bonchev–Trinajstić information content (AvgIpc) is 3.11. The van der Waals surface area contributed by atoms with Crippen LogP contribution in [-0.4, -0.2) is 93.3 Å². The third kappa shape index (κ3) is 9.53. The minimum absolute atomic E-state index is 0.103. The van der Waals surface area contributed by atoms with Crippen LogP contribution in [0, 0.1) is 10.1 Å². The maximum atomic E-state index is 13.1. The number of methoxy groups -OCH3 is 1. The number of nitrogens with zero attached hydrogens (tertiary/aromatic N) is 3. The van der Waals surface area contributed by atoms with Gasteiger partial charge in [0.15, 0.2) is 0 Å². The number of nitro benzene ring substituents is 1. The van der Waals surface area contributed by atoms with Crippen molar-refractivity contribution in [2.75, 3.05) is 64.5 Å². The van der Waals surface area contributed by atoms with Gasteiger partial charge in [0.1, 0.15) is 17.2 Å². The van der Waals surface area contributed by atoms with Crippen molar-refractivity contribution in [3.8, 4) is 22.6 Å². The molecule has 264 valence electrons. The maximum absolute atomic E-state index is 13.1. The average molecular weight is 720 g/mol. The molecule has 1 heterocycles. The van der Waals surface area contributed by atoms with Crippen LogP contribution in [0.4, 0.5) is 11.4 Å². The van der Waals surface area contributed by atoms with Gasteiger partial charge in [-0.3, -0.25) is 14.9 Å². The zero-order valence-corrected chi connectivity index (χ0v) is 29.6. The number of phenols is 1. The molecule has 12 nitrogen and oxygen atoms in total. The SMILES string of the molecule is COc1cc(CCCN2CCN(C)CC2)ccc1-c1ccc(C(=O)NS(=O)(=O)c2ccc(NCCSc3ccccc3O)c([N+](=O)[O-])c2)cc1. The van der Waals surface area contributed by atoms with Gasteiger partial charge in [-0.25, -0.2) is 13.1 Å². The number of sulfonamides is 1. The number of para-hydroxylation sites is 1. The Labute approximate surface area is 296 Å². The predicted molar refractivity (Wildman–Crippen MR) is 196 cm³/mol. The smallest absolute Gasteiger partial charge is 0.293 e. The fourth-order valence-corrected chi connectivity index (χ4v) is 7.46. The quantitative estimate of drug-likeness (QED) is 0.0620. The van der Waals surface area contributed by atoms with E-state index in [1.165, 1.54) is 41.6 Å². The van der Waals surface area contributed by atoms with E-state index in [0.29, 0.717) is 22.9 Å². The fourth-order valence-electron chi connectivity index (χ4n) is 5.65. The summed E-state index contributed by atoms with van der Waals surface area (Å²) in [5, 5.41) is 24.7. The van der Waals surface area contributed by atoms with Crippen LogP contribution < -0.4 is 14.8 Å². The Morgan fingerprint density at radius 3 is 2.44 bits per heavy atom. The summed E-state index contributed by atoms with van der Waals surface area (Å²) in [4.78, 5) is 29.2. The number of thioether (sulfide) groups is 1. The van der Waals surface area contributed by atoms with E-state index in [1.54, 1.807) is 43.5 Å². The van der Waals surface area contributed by atoms with Crippen LogP contribution in [0.1, 0.15) is 22.3 Å². The van der Waals surface area contributed by atoms with Gasteiger partial charge < -0.3 is 25.0 Å². The second kappa shape index (κ2) is 16.9. The standard InChI is InChI=1S/C36H41N5O7S2/c1-39-19-21-40(22-20-39)18-5-6-26-9-15-30(34(24-26)48-2)27-10-12-28(13-11-27)36(43)38-50(46,47)29-14-16-31(32(25-29)41(44)45)37-17-23-49-35-8-4-3-7-33(35)42/h3-4,7-16,24-25,37,42H,5-6,17-23H2,1-2H3,(H,38,43). The summed E-state index contributed by atoms with van der Waals surface area (Å²) < 4.78 is 33.9. The molecule has 0 aromatic heterocycles. The molecule has 1 amide bonds. The first-order chi connectivity index (χ1) is 24.0. The normalized spacial score (nSPS) is 13.9. The highest BCUT2D eigenvalue weighted by Crippen LogP contribution is 2.32. The number of hydrogen-bond donors (Lipinski definition) is 3. The second-order valence-electron chi connectivity index (χ2n) is 12.0. The van der Waals surface area contributed by atoms with E-state index in [-0.39, 0.29) is 17.0 Å². The lowest BCUT2D eigenvalue weighted by Gasteiger charge is -2.32. The molecule has 5 rings (SSSR count). The number of carbonyl (C=O) groups excluding carboxylic acids is 1. The highest BCUT2D eigenvalue weighted by atomic mass is 32.2. The van der Waals surface area contributed by atoms with Crippen LogP contribution >= 0.6 is 11.8 Å². The van der Waals surface area contributed by atoms with Gasteiger partial charge in [-0.2, -0.15) is 0 Å². The van der Waals surface area contributed by atoms with Crippen LogP contribution in [0.2, 0.25) is 0 Å². The van der Waals surface area contributed by atoms with Crippen LogP contribution in [0.15, 0.2) is 94.7 Å². The number of hydrogen-bond acceptors (Lipinski definition) is 11. The Morgan fingerprint density at radius 2 is 1.74 bits per heavy atom. The lowest BCUT2D eigenvalue weighted by atomic mass is 9.99. The third-order valence-corrected chi connectivity index (χ3v) is 10.9. The van der Waals surface area contributed by atoms with Crippen LogP contribution in [0.3, 0.4) is 0 Å². The minimum Gasteiger partial charge on any atom is -0.507 e. The summed E-state index contributed by atoms with van der Waals surface area (Å²) in [6.07, 6.45) is 1.98. The molecule has 0 saturated carbocycles. The van der Waals surface area contributed by atoms with Gasteiger partial charge in [0.05, 0.1) is 16.9 Å². The van der Waals surface area contributed by atoms with Crippen molar-refractivity contribution in [3.63, 3.8) is 0 Å². The Balaban J connectivity index is 1.19. The third-order valence-electron chi connectivity index (χ3n) is 8.50. The summed E-state index contributed by atoms with van der Waals surface area (Å²) in [5.74, 6) is 0.462. The van der Waals surface area contributed by atoms with Gasteiger partial charge in [-0.1, -0.05) is 36.4 Å². The minimum atomic E-state index is -4.43. The molecule has 4 aromatic carbocycles. The van der Waals surface area contributed by atoms with Crippen LogP contribution in [0.5, 0.6) is 11.5 Å². The number of carbonyl (C=O) groups is 1. The molecule has 1 aliphatic heterocycles. The first kappa shape index (κ1) is 36.6. The molecule has 0 unspecified atom stereocenters. The molecule has 14 heteroatoms. The van der Waals surface area contributed by atoms with Crippen LogP contribution in [0.25, 0.3) is 11.1 Å². The largest absolute Gasteiger partial charge is 0.507 e. The lowest BCUT2D eigenvalue weighted by Crippen LogP contribution is -2.44. The molecule has 1 fully saturated rings. The van der Waals surface area contributed by atoms with Gasteiger partial charge in [-0.15, -0.1) is 11.8 Å². The number of likely N-dealkylation sites (N-methyl/N-ethyl adjacent to an activating group) is 1. The highest BCUT2D eigenvalue weighted by molar-refractivity contribution is 7.99. The van der Waals surface area contributed by atoms with Crippen molar-refractivity contribution >= 4 is 39.1 Å². The molecule has 0 atom stereocenters. The summed E-state index contributed by atoms with van der Waals surface area (Å²) in [6.45, 7) is 5.75. The molecule has 0 aliphatic carbocycles. The van der Waals surface area contributed by atoms with E-state index in [1.807, 2.05) is 16.9 Å². The van der Waals surface area contributed by atoms with E-state index in [2.05, 4.69) is 28.2 Å². The molecular weight excluding hydrogens is 679 g/mol. The first-order valence-corrected chi connectivity index (χ1v) is 18.7. The van der Waals surface area contributed by atoms with E-state index in [0.717, 1.165) is 62.8 Å². The molecule has 50 heavy (non-hydrogen) atoms. The zero-order chi connectivity index (χ0) is 35.7. The number of ether oxygens (including phenoxy) is 1. The fraction of sp³-hybridized carbons (Fsp3) is 0.306. The van der Waals surface area contributed by atoms with Crippen molar-refractivity contribution in [1.82, 2.24) is 14.5 Å². The van der Waals surface area contributed by atoms with E-state index < -0.39 is 31.4 Å². The Morgan fingerprint density at radius 1 is 1.00 bits per heavy atom. The van der Waals surface area contributed by atoms with Crippen molar-refractivity contribution in [2.24, 2.45) is 0 Å². The number of piperazine rings is 1. The number of benzene rings is 4. The van der Waals surface area contributed by atoms with Crippen molar-refractivity contribution in [1.29, 1.82) is 0 Å². The number of amides is 1. The van der Waals surface area contributed by atoms with E-state index in [4.69, 9.17) is 4.74 Å². The number of rotatable bonds is 15. The molecule has 1 saturated heterocycles. The number of aryl methyl sites for hydroxylation is 1. The number of anilines is 1.